The second kappa shape index (κ2) is 12.1. The molecule has 1 amide bonds. The van der Waals surface area contributed by atoms with Crippen molar-refractivity contribution in [2.75, 3.05) is 11.9 Å². The van der Waals surface area contributed by atoms with E-state index in [-0.39, 0.29) is 5.57 Å². The summed E-state index contributed by atoms with van der Waals surface area (Å²) >= 11 is 8.18. The van der Waals surface area contributed by atoms with E-state index in [1.807, 2.05) is 31.2 Å². The molecule has 0 spiro atoms. The van der Waals surface area contributed by atoms with Gasteiger partial charge in [0.05, 0.1) is 10.2 Å². The topological polar surface area (TPSA) is 71.3 Å². The molecule has 5 nitrogen and oxygen atoms in total. The molecule has 0 aromatic heterocycles. The molecule has 0 fully saturated rings. The second-order valence-corrected chi connectivity index (χ2v) is 9.87. The number of amides is 1. The lowest BCUT2D eigenvalue weighted by Crippen LogP contribution is -2.13. The monoisotopic (exact) mass is 622 g/mol. The van der Waals surface area contributed by atoms with Crippen molar-refractivity contribution >= 4 is 62.6 Å². The summed E-state index contributed by atoms with van der Waals surface area (Å²) in [6, 6.07) is 24.8. The van der Waals surface area contributed by atoms with Crippen LogP contribution in [0.1, 0.15) is 23.6 Å². The predicted octanol–water partition coefficient (Wildman–Crippen LogP) is 7.93. The summed E-state index contributed by atoms with van der Waals surface area (Å²) in [5.74, 6) is 0.643. The number of halogens is 2. The Bertz CT molecular complexity index is 1540. The first-order chi connectivity index (χ1) is 17.9. The van der Waals surface area contributed by atoms with Crippen molar-refractivity contribution < 1.29 is 14.3 Å². The van der Waals surface area contributed by atoms with Gasteiger partial charge in [0.15, 0.2) is 11.5 Å². The van der Waals surface area contributed by atoms with Gasteiger partial charge in [-0.25, -0.2) is 0 Å². The summed E-state index contributed by atoms with van der Waals surface area (Å²) in [6.07, 6.45) is 1.53. The highest BCUT2D eigenvalue weighted by molar-refractivity contribution is 14.1. The van der Waals surface area contributed by atoms with Gasteiger partial charge in [0.25, 0.3) is 5.91 Å². The largest absolute Gasteiger partial charge is 0.490 e. The molecule has 0 aliphatic heterocycles. The van der Waals surface area contributed by atoms with E-state index in [0.29, 0.717) is 41.0 Å². The molecule has 4 rings (SSSR count). The molecular weight excluding hydrogens is 599 g/mol. The number of fused-ring (bicyclic) bond motifs is 1. The van der Waals surface area contributed by atoms with Crippen molar-refractivity contribution in [3.8, 4) is 17.6 Å². The normalized spacial score (nSPS) is 11.2. The van der Waals surface area contributed by atoms with Crippen LogP contribution >= 0.6 is 34.2 Å². The second-order valence-electron chi connectivity index (χ2n) is 8.27. The van der Waals surface area contributed by atoms with Gasteiger partial charge in [0, 0.05) is 16.3 Å². The number of ether oxygens (including phenoxy) is 2. The van der Waals surface area contributed by atoms with Gasteiger partial charge < -0.3 is 14.8 Å². The Labute approximate surface area is 234 Å². The van der Waals surface area contributed by atoms with Crippen LogP contribution in [0, 0.1) is 21.8 Å². The smallest absolute Gasteiger partial charge is 0.266 e. The summed E-state index contributed by atoms with van der Waals surface area (Å²) in [7, 11) is 0. The van der Waals surface area contributed by atoms with E-state index in [1.165, 1.54) is 6.08 Å². The standard InChI is InChI=1S/C30H24ClIN2O3/c1-3-36-28-15-20(13-22(17-33)30(35)34-24-9-6-8-23(31)16-24)14-27(32)29(28)37-18-26-19(2)11-12-21-7-4-5-10-25(21)26/h4-16H,3,18H2,1-2H3,(H,34,35)/b22-13+. The molecule has 1 N–H and O–H groups in total. The number of benzene rings is 4. The van der Waals surface area contributed by atoms with Crippen LogP contribution in [-0.4, -0.2) is 12.5 Å². The molecule has 37 heavy (non-hydrogen) atoms. The number of nitrogens with zero attached hydrogens (tertiary/aromatic N) is 1. The van der Waals surface area contributed by atoms with Crippen LogP contribution in [-0.2, 0) is 11.4 Å². The number of hydrogen-bond donors (Lipinski definition) is 1. The number of anilines is 1. The molecule has 0 bridgehead atoms. The first kappa shape index (κ1) is 26.5. The molecule has 0 aliphatic carbocycles. The lowest BCUT2D eigenvalue weighted by Gasteiger charge is -2.17. The lowest BCUT2D eigenvalue weighted by atomic mass is 10.0. The highest BCUT2D eigenvalue weighted by Gasteiger charge is 2.16. The molecule has 0 heterocycles. The summed E-state index contributed by atoms with van der Waals surface area (Å²) < 4.78 is 13.0. The molecule has 0 saturated heterocycles. The maximum Gasteiger partial charge on any atom is 0.266 e. The lowest BCUT2D eigenvalue weighted by molar-refractivity contribution is -0.112. The van der Waals surface area contributed by atoms with Crippen molar-refractivity contribution in [1.29, 1.82) is 5.26 Å². The van der Waals surface area contributed by atoms with Crippen LogP contribution < -0.4 is 14.8 Å². The maximum atomic E-state index is 12.7. The number of rotatable bonds is 8. The van der Waals surface area contributed by atoms with E-state index in [9.17, 15) is 10.1 Å². The fourth-order valence-corrected chi connectivity index (χ4v) is 4.91. The van der Waals surface area contributed by atoms with Crippen molar-refractivity contribution in [2.45, 2.75) is 20.5 Å². The van der Waals surface area contributed by atoms with Crippen LogP contribution in [0.15, 0.2) is 78.4 Å². The van der Waals surface area contributed by atoms with E-state index in [0.717, 1.165) is 25.5 Å². The van der Waals surface area contributed by atoms with Crippen LogP contribution in [0.5, 0.6) is 11.5 Å². The maximum absolute atomic E-state index is 12.7. The van der Waals surface area contributed by atoms with E-state index >= 15 is 0 Å². The van der Waals surface area contributed by atoms with Crippen molar-refractivity contribution in [2.24, 2.45) is 0 Å². The summed E-state index contributed by atoms with van der Waals surface area (Å²) in [5.41, 5.74) is 3.38. The summed E-state index contributed by atoms with van der Waals surface area (Å²) in [6.45, 7) is 4.79. The first-order valence-electron chi connectivity index (χ1n) is 11.6. The molecule has 0 atom stereocenters. The number of aryl methyl sites for hydroxylation is 1. The third-order valence-electron chi connectivity index (χ3n) is 5.73. The van der Waals surface area contributed by atoms with Gasteiger partial charge in [-0.15, -0.1) is 0 Å². The van der Waals surface area contributed by atoms with Crippen molar-refractivity contribution in [3.63, 3.8) is 0 Å². The quantitative estimate of drug-likeness (QED) is 0.123. The average Bonchev–Trinajstić information content (AvgIpc) is 2.88. The number of nitriles is 1. The van der Waals surface area contributed by atoms with Crippen molar-refractivity contribution in [3.05, 3.63) is 104 Å². The highest BCUT2D eigenvalue weighted by atomic mass is 127. The Balaban J connectivity index is 1.62. The molecule has 186 valence electrons. The number of carbonyl (C=O) groups excluding carboxylic acids is 1. The minimum atomic E-state index is -0.524. The molecule has 4 aromatic carbocycles. The SMILES string of the molecule is CCOc1cc(/C=C(\C#N)C(=O)Nc2cccc(Cl)c2)cc(I)c1OCc1c(C)ccc2ccccc12. The summed E-state index contributed by atoms with van der Waals surface area (Å²) in [5, 5.41) is 15.2. The molecule has 0 aliphatic rings. The average molecular weight is 623 g/mol. The minimum Gasteiger partial charge on any atom is -0.490 e. The first-order valence-corrected chi connectivity index (χ1v) is 13.1. The Hall–Kier alpha value is -3.54. The van der Waals surface area contributed by atoms with Crippen LogP contribution in [0.4, 0.5) is 5.69 Å². The van der Waals surface area contributed by atoms with E-state index in [1.54, 1.807) is 30.3 Å². The molecule has 0 radical (unpaired) electrons. The van der Waals surface area contributed by atoms with Gasteiger partial charge in [-0.05, 0) is 94.7 Å². The zero-order valence-electron chi connectivity index (χ0n) is 20.3. The van der Waals surface area contributed by atoms with E-state index in [2.05, 4.69) is 59.1 Å². The van der Waals surface area contributed by atoms with Crippen LogP contribution in [0.25, 0.3) is 16.8 Å². The van der Waals surface area contributed by atoms with E-state index in [4.69, 9.17) is 21.1 Å². The number of carbonyl (C=O) groups is 1. The molecule has 0 saturated carbocycles. The molecule has 4 aromatic rings. The fraction of sp³-hybridized carbons (Fsp3) is 0.133. The number of hydrogen-bond acceptors (Lipinski definition) is 4. The Morgan fingerprint density at radius 2 is 1.89 bits per heavy atom. The number of nitrogens with one attached hydrogen (secondary N) is 1. The van der Waals surface area contributed by atoms with Gasteiger partial charge in [-0.3, -0.25) is 4.79 Å². The van der Waals surface area contributed by atoms with Crippen LogP contribution in [0.3, 0.4) is 0 Å². The molecular formula is C30H24ClIN2O3. The van der Waals surface area contributed by atoms with Gasteiger partial charge in [0.1, 0.15) is 18.2 Å². The fourth-order valence-electron chi connectivity index (χ4n) is 3.94. The Morgan fingerprint density at radius 1 is 1.08 bits per heavy atom. The minimum absolute atomic E-state index is 0.0433. The highest BCUT2D eigenvalue weighted by Crippen LogP contribution is 2.36. The Morgan fingerprint density at radius 3 is 2.65 bits per heavy atom. The van der Waals surface area contributed by atoms with Gasteiger partial charge >= 0.3 is 0 Å². The summed E-state index contributed by atoms with van der Waals surface area (Å²) in [4.78, 5) is 12.7. The van der Waals surface area contributed by atoms with Crippen LogP contribution in [0.2, 0.25) is 5.02 Å². The Kier molecular flexibility index (Phi) is 8.70. The van der Waals surface area contributed by atoms with Gasteiger partial charge in [0.2, 0.25) is 0 Å². The predicted molar refractivity (Wildman–Crippen MR) is 157 cm³/mol. The zero-order chi connectivity index (χ0) is 26.4. The third-order valence-corrected chi connectivity index (χ3v) is 6.76. The third kappa shape index (κ3) is 6.43. The van der Waals surface area contributed by atoms with Gasteiger partial charge in [-0.1, -0.05) is 54.1 Å². The zero-order valence-corrected chi connectivity index (χ0v) is 23.3. The molecule has 7 heteroatoms. The van der Waals surface area contributed by atoms with E-state index < -0.39 is 5.91 Å². The van der Waals surface area contributed by atoms with Crippen molar-refractivity contribution in [1.82, 2.24) is 0 Å². The molecule has 0 unspecified atom stereocenters. The van der Waals surface area contributed by atoms with Gasteiger partial charge in [-0.2, -0.15) is 5.26 Å².